The van der Waals surface area contributed by atoms with Gasteiger partial charge in [-0.05, 0) is 52.9 Å². The van der Waals surface area contributed by atoms with Gasteiger partial charge in [0.2, 0.25) is 11.8 Å². The Bertz CT molecular complexity index is 1550. The van der Waals surface area contributed by atoms with Crippen molar-refractivity contribution >= 4 is 23.6 Å². The standard InChI is InChI=1S/C36H43N5O6/c1-36(2,3)47-31(42)19-18-27(35(45)41-21-20-37-29(23-41)32(43)24-12-6-4-7-13-24)39-34(44)28-22-30(46-26-16-10-11-17-26)40-33(38-28)25-14-8-5-9-15-25/h4-9,12-15,22,26-27,29,37H,10-11,16-21,23H2,1-3H3,(H,39,44). The first kappa shape index (κ1) is 33.7. The van der Waals surface area contributed by atoms with Gasteiger partial charge in [0.1, 0.15) is 23.4 Å². The third kappa shape index (κ3) is 9.45. The van der Waals surface area contributed by atoms with Crippen molar-refractivity contribution in [3.05, 3.63) is 78.0 Å². The van der Waals surface area contributed by atoms with E-state index in [4.69, 9.17) is 9.47 Å². The van der Waals surface area contributed by atoms with Crippen molar-refractivity contribution in [2.75, 3.05) is 19.6 Å². The average molecular weight is 642 g/mol. The molecule has 1 aromatic heterocycles. The van der Waals surface area contributed by atoms with Crippen LogP contribution in [0.4, 0.5) is 0 Å². The van der Waals surface area contributed by atoms with Gasteiger partial charge in [0.25, 0.3) is 5.91 Å². The molecule has 2 heterocycles. The highest BCUT2D eigenvalue weighted by Gasteiger charge is 2.34. The highest BCUT2D eigenvalue weighted by Crippen LogP contribution is 2.26. The SMILES string of the molecule is CC(C)(C)OC(=O)CCC(NC(=O)c1cc(OC2CCCC2)nc(-c2ccccc2)n1)C(=O)N1CCNC(C(=O)c2ccccc2)C1. The number of ether oxygens (including phenoxy) is 2. The quantitative estimate of drug-likeness (QED) is 0.231. The summed E-state index contributed by atoms with van der Waals surface area (Å²) in [7, 11) is 0. The monoisotopic (exact) mass is 641 g/mol. The lowest BCUT2D eigenvalue weighted by molar-refractivity contribution is -0.155. The number of piperazine rings is 1. The third-order valence-electron chi connectivity index (χ3n) is 8.08. The maximum Gasteiger partial charge on any atom is 0.306 e. The number of nitrogens with one attached hydrogen (secondary N) is 2. The lowest BCUT2D eigenvalue weighted by Crippen LogP contribution is -2.59. The van der Waals surface area contributed by atoms with E-state index in [9.17, 15) is 19.2 Å². The smallest absolute Gasteiger partial charge is 0.306 e. The zero-order chi connectivity index (χ0) is 33.4. The predicted molar refractivity (Wildman–Crippen MR) is 176 cm³/mol. The van der Waals surface area contributed by atoms with Crippen molar-refractivity contribution < 1.29 is 28.7 Å². The van der Waals surface area contributed by atoms with Crippen molar-refractivity contribution in [1.29, 1.82) is 0 Å². The Morgan fingerprint density at radius 2 is 1.66 bits per heavy atom. The number of Topliss-reactive ketones (excluding diaryl/α,β-unsaturated/α-hetero) is 1. The Labute approximate surface area is 275 Å². The molecule has 11 nitrogen and oxygen atoms in total. The van der Waals surface area contributed by atoms with Gasteiger partial charge in [0.15, 0.2) is 11.6 Å². The molecule has 0 spiro atoms. The number of hydrogen-bond donors (Lipinski definition) is 2. The molecule has 5 rings (SSSR count). The fourth-order valence-corrected chi connectivity index (χ4v) is 5.79. The van der Waals surface area contributed by atoms with Gasteiger partial charge in [-0.1, -0.05) is 60.7 Å². The molecule has 2 amide bonds. The van der Waals surface area contributed by atoms with Crippen molar-refractivity contribution in [2.45, 2.75) is 83.1 Å². The maximum absolute atomic E-state index is 14.0. The van der Waals surface area contributed by atoms with Gasteiger partial charge in [0, 0.05) is 43.2 Å². The van der Waals surface area contributed by atoms with Crippen LogP contribution < -0.4 is 15.4 Å². The summed E-state index contributed by atoms with van der Waals surface area (Å²) in [6.45, 7) is 6.16. The summed E-state index contributed by atoms with van der Waals surface area (Å²) in [5.41, 5.74) is 0.599. The van der Waals surface area contributed by atoms with Gasteiger partial charge >= 0.3 is 5.97 Å². The van der Waals surface area contributed by atoms with Crippen LogP contribution in [0.25, 0.3) is 11.4 Å². The largest absolute Gasteiger partial charge is 0.474 e. The number of hydrogen-bond acceptors (Lipinski definition) is 9. The van der Waals surface area contributed by atoms with Crippen LogP contribution in [0.5, 0.6) is 5.88 Å². The van der Waals surface area contributed by atoms with E-state index in [0.717, 1.165) is 25.7 Å². The van der Waals surface area contributed by atoms with Crippen molar-refractivity contribution in [3.63, 3.8) is 0 Å². The van der Waals surface area contributed by atoms with Crippen molar-refractivity contribution in [2.24, 2.45) is 0 Å². The summed E-state index contributed by atoms with van der Waals surface area (Å²) in [6.07, 6.45) is 3.87. The Kier molecular flexibility index (Phi) is 11.0. The van der Waals surface area contributed by atoms with E-state index in [1.807, 2.05) is 36.4 Å². The molecule has 2 fully saturated rings. The molecule has 2 aliphatic rings. The summed E-state index contributed by atoms with van der Waals surface area (Å²) >= 11 is 0. The number of carbonyl (C=O) groups is 4. The van der Waals surface area contributed by atoms with Gasteiger partial charge in [-0.25, -0.2) is 4.98 Å². The van der Waals surface area contributed by atoms with Crippen LogP contribution in [0, 0.1) is 0 Å². The molecule has 3 aromatic rings. The Morgan fingerprint density at radius 1 is 0.979 bits per heavy atom. The zero-order valence-electron chi connectivity index (χ0n) is 27.2. The van der Waals surface area contributed by atoms with Crippen molar-refractivity contribution in [1.82, 2.24) is 25.5 Å². The van der Waals surface area contributed by atoms with Crippen LogP contribution in [0.15, 0.2) is 66.7 Å². The van der Waals surface area contributed by atoms with E-state index in [-0.39, 0.29) is 42.8 Å². The summed E-state index contributed by atoms with van der Waals surface area (Å²) in [5.74, 6) is -0.988. The van der Waals surface area contributed by atoms with E-state index in [1.165, 1.54) is 6.07 Å². The molecule has 0 radical (unpaired) electrons. The number of amides is 2. The predicted octanol–water partition coefficient (Wildman–Crippen LogP) is 4.37. The van der Waals surface area contributed by atoms with Gasteiger partial charge < -0.3 is 25.0 Å². The van der Waals surface area contributed by atoms with Crippen LogP contribution in [0.2, 0.25) is 0 Å². The molecule has 1 aliphatic carbocycles. The van der Waals surface area contributed by atoms with Crippen LogP contribution in [0.3, 0.4) is 0 Å². The highest BCUT2D eigenvalue weighted by molar-refractivity contribution is 6.01. The Morgan fingerprint density at radius 3 is 2.34 bits per heavy atom. The average Bonchev–Trinajstić information content (AvgIpc) is 3.59. The molecule has 1 saturated carbocycles. The molecule has 2 aromatic carbocycles. The van der Waals surface area contributed by atoms with E-state index >= 15 is 0 Å². The van der Waals surface area contributed by atoms with Gasteiger partial charge in [-0.15, -0.1) is 0 Å². The molecule has 248 valence electrons. The van der Waals surface area contributed by atoms with Crippen molar-refractivity contribution in [3.8, 4) is 17.3 Å². The molecule has 1 saturated heterocycles. The van der Waals surface area contributed by atoms with Gasteiger partial charge in [-0.2, -0.15) is 4.98 Å². The number of nitrogens with zero attached hydrogens (tertiary/aromatic N) is 3. The summed E-state index contributed by atoms with van der Waals surface area (Å²) < 4.78 is 11.6. The number of aromatic nitrogens is 2. The fraction of sp³-hybridized carbons (Fsp3) is 0.444. The molecule has 47 heavy (non-hydrogen) atoms. The second-order valence-electron chi connectivity index (χ2n) is 13.0. The minimum absolute atomic E-state index is 0.00275. The first-order valence-corrected chi connectivity index (χ1v) is 16.3. The van der Waals surface area contributed by atoms with E-state index in [1.54, 1.807) is 49.9 Å². The molecule has 2 unspecified atom stereocenters. The fourth-order valence-electron chi connectivity index (χ4n) is 5.79. The molecule has 2 atom stereocenters. The van der Waals surface area contributed by atoms with Crippen LogP contribution in [0.1, 0.15) is 80.1 Å². The number of ketones is 1. The van der Waals surface area contributed by atoms with Gasteiger partial charge in [0.05, 0.1) is 6.04 Å². The van der Waals surface area contributed by atoms with Crippen LogP contribution >= 0.6 is 0 Å². The molecule has 11 heteroatoms. The number of carbonyl (C=O) groups excluding carboxylic acids is 4. The second-order valence-corrected chi connectivity index (χ2v) is 13.0. The zero-order valence-corrected chi connectivity index (χ0v) is 27.2. The first-order valence-electron chi connectivity index (χ1n) is 16.3. The molecule has 1 aliphatic heterocycles. The van der Waals surface area contributed by atoms with Crippen LogP contribution in [-0.2, 0) is 14.3 Å². The van der Waals surface area contributed by atoms with Gasteiger partial charge in [-0.3, -0.25) is 19.2 Å². The topological polar surface area (TPSA) is 140 Å². The van der Waals surface area contributed by atoms with Crippen LogP contribution in [-0.4, -0.2) is 81.9 Å². The Balaban J connectivity index is 1.37. The normalized spacial score (nSPS) is 17.5. The van der Waals surface area contributed by atoms with E-state index < -0.39 is 35.5 Å². The maximum atomic E-state index is 14.0. The summed E-state index contributed by atoms with van der Waals surface area (Å²) in [4.78, 5) is 64.4. The minimum Gasteiger partial charge on any atom is -0.474 e. The lowest BCUT2D eigenvalue weighted by atomic mass is 10.0. The second kappa shape index (κ2) is 15.3. The molecule has 0 bridgehead atoms. The number of rotatable bonds is 11. The highest BCUT2D eigenvalue weighted by atomic mass is 16.6. The van der Waals surface area contributed by atoms with E-state index in [0.29, 0.717) is 30.0 Å². The Hall–Kier alpha value is -4.64. The number of esters is 1. The summed E-state index contributed by atoms with van der Waals surface area (Å²) in [5, 5.41) is 6.04. The molecular formula is C36H43N5O6. The third-order valence-corrected chi connectivity index (χ3v) is 8.08. The molecule has 2 N–H and O–H groups in total. The molecular weight excluding hydrogens is 598 g/mol. The minimum atomic E-state index is -1.07. The first-order chi connectivity index (χ1) is 22.6. The number of benzene rings is 2. The van der Waals surface area contributed by atoms with E-state index in [2.05, 4.69) is 20.6 Å². The lowest BCUT2D eigenvalue weighted by Gasteiger charge is -2.35. The summed E-state index contributed by atoms with van der Waals surface area (Å²) in [6, 6.07) is 18.0.